The smallest absolute Gasteiger partial charge is 0.206 e. The third-order valence-electron chi connectivity index (χ3n) is 4.98. The minimum absolute atomic E-state index is 0.0949. The lowest BCUT2D eigenvalue weighted by Gasteiger charge is -2.30. The van der Waals surface area contributed by atoms with Crippen LogP contribution < -0.4 is 4.74 Å². The summed E-state index contributed by atoms with van der Waals surface area (Å²) in [5, 5.41) is 0. The minimum Gasteiger partial charge on any atom is -0.480 e. The molecule has 0 spiro atoms. The van der Waals surface area contributed by atoms with E-state index in [1.165, 1.54) is 6.07 Å². The Morgan fingerprint density at radius 3 is 2.52 bits per heavy atom. The summed E-state index contributed by atoms with van der Waals surface area (Å²) in [7, 11) is 0. The summed E-state index contributed by atoms with van der Waals surface area (Å²) < 4.78 is 20.8. The second kappa shape index (κ2) is 7.41. The van der Waals surface area contributed by atoms with Crippen LogP contribution in [-0.4, -0.2) is 16.9 Å². The van der Waals surface area contributed by atoms with Crippen molar-refractivity contribution < 1.29 is 13.9 Å². The van der Waals surface area contributed by atoms with Gasteiger partial charge >= 0.3 is 0 Å². The minimum atomic E-state index is -0.798. The molecule has 144 valence electrons. The molecule has 3 rings (SSSR count). The first-order valence-corrected chi connectivity index (χ1v) is 9.67. The number of pyridine rings is 1. The summed E-state index contributed by atoms with van der Waals surface area (Å²) in [5.74, 6) is 0.250. The van der Waals surface area contributed by atoms with Gasteiger partial charge in [0.15, 0.2) is 6.10 Å². The largest absolute Gasteiger partial charge is 0.480 e. The molecule has 1 aliphatic carbocycles. The van der Waals surface area contributed by atoms with Crippen LogP contribution in [0.3, 0.4) is 0 Å². The van der Waals surface area contributed by atoms with E-state index in [-0.39, 0.29) is 11.3 Å². The second-order valence-corrected chi connectivity index (χ2v) is 8.49. The molecule has 1 aromatic heterocycles. The van der Waals surface area contributed by atoms with Crippen molar-refractivity contribution in [3.63, 3.8) is 0 Å². The van der Waals surface area contributed by atoms with Crippen LogP contribution in [0.2, 0.25) is 0 Å². The van der Waals surface area contributed by atoms with Crippen LogP contribution in [0.5, 0.6) is 5.75 Å². The highest BCUT2D eigenvalue weighted by Gasteiger charge is 2.36. The fraction of sp³-hybridized carbons (Fsp3) is 0.478. The van der Waals surface area contributed by atoms with Gasteiger partial charge in [0.25, 0.3) is 0 Å². The van der Waals surface area contributed by atoms with Crippen molar-refractivity contribution in [2.24, 2.45) is 5.41 Å². The maximum absolute atomic E-state index is 14.7. The molecule has 0 N–H and O–H groups in total. The summed E-state index contributed by atoms with van der Waals surface area (Å²) in [4.78, 5) is 17.7. The number of rotatable bonds is 6. The van der Waals surface area contributed by atoms with Crippen LogP contribution in [0.1, 0.15) is 73.8 Å². The molecule has 1 heterocycles. The lowest BCUT2D eigenvalue weighted by Crippen LogP contribution is -2.40. The van der Waals surface area contributed by atoms with Gasteiger partial charge in [-0.3, -0.25) is 9.78 Å². The molecule has 1 fully saturated rings. The number of benzene rings is 1. The number of nitrogens with zero attached hydrogens (tertiary/aromatic N) is 1. The van der Waals surface area contributed by atoms with Gasteiger partial charge in [-0.1, -0.05) is 33.8 Å². The Hall–Kier alpha value is -2.23. The second-order valence-electron chi connectivity index (χ2n) is 8.49. The van der Waals surface area contributed by atoms with E-state index in [2.05, 4.69) is 4.98 Å². The Bertz CT molecular complexity index is 850. The molecular formula is C23H28FNO2. The average Bonchev–Trinajstić information content (AvgIpc) is 3.44. The van der Waals surface area contributed by atoms with Crippen molar-refractivity contribution in [3.05, 3.63) is 58.7 Å². The van der Waals surface area contributed by atoms with Crippen molar-refractivity contribution in [3.8, 4) is 5.75 Å². The van der Waals surface area contributed by atoms with E-state index in [4.69, 9.17) is 4.74 Å². The predicted molar refractivity (Wildman–Crippen MR) is 105 cm³/mol. The molecule has 1 aromatic carbocycles. The standard InChI is InChI=1S/C23H28FNO2/c1-6-19-20(12-7-14(2)25-19)27-22(23(3,4)5)21(26)17-11-10-16(13-18(17)24)15-8-9-15/h7,10-13,15,22H,6,8-9H2,1-5H3. The fourth-order valence-corrected chi connectivity index (χ4v) is 3.25. The lowest BCUT2D eigenvalue weighted by atomic mass is 9.84. The van der Waals surface area contributed by atoms with E-state index in [1.54, 1.807) is 6.07 Å². The SMILES string of the molecule is CCc1nc(C)ccc1OC(C(=O)c1ccc(C2CC2)cc1F)C(C)(C)C. The Morgan fingerprint density at radius 2 is 1.96 bits per heavy atom. The number of carbonyl (C=O) groups excluding carboxylic acids is 1. The van der Waals surface area contributed by atoms with Crippen molar-refractivity contribution in [1.29, 1.82) is 0 Å². The molecule has 0 aliphatic heterocycles. The number of aromatic nitrogens is 1. The third-order valence-corrected chi connectivity index (χ3v) is 4.98. The zero-order valence-corrected chi connectivity index (χ0v) is 16.8. The van der Waals surface area contributed by atoms with Gasteiger partial charge in [-0.2, -0.15) is 0 Å². The number of halogens is 1. The Kier molecular flexibility index (Phi) is 5.36. The average molecular weight is 369 g/mol. The van der Waals surface area contributed by atoms with Gasteiger partial charge in [-0.25, -0.2) is 4.39 Å². The Morgan fingerprint density at radius 1 is 1.26 bits per heavy atom. The first-order chi connectivity index (χ1) is 12.7. The predicted octanol–water partition coefficient (Wildman–Crippen LogP) is 5.65. The van der Waals surface area contributed by atoms with Crippen molar-refractivity contribution in [1.82, 2.24) is 4.98 Å². The molecular weight excluding hydrogens is 341 g/mol. The normalized spacial score (nSPS) is 15.5. The van der Waals surface area contributed by atoms with Crippen molar-refractivity contribution >= 4 is 5.78 Å². The van der Waals surface area contributed by atoms with Gasteiger partial charge in [0, 0.05) is 11.1 Å². The van der Waals surface area contributed by atoms with E-state index < -0.39 is 17.3 Å². The molecule has 27 heavy (non-hydrogen) atoms. The fourth-order valence-electron chi connectivity index (χ4n) is 3.25. The molecule has 1 saturated carbocycles. The van der Waals surface area contributed by atoms with Gasteiger partial charge in [0.05, 0.1) is 11.3 Å². The van der Waals surface area contributed by atoms with Crippen LogP contribution in [-0.2, 0) is 6.42 Å². The molecule has 3 nitrogen and oxygen atoms in total. The number of aryl methyl sites for hydroxylation is 2. The van der Waals surface area contributed by atoms with Crippen LogP contribution in [0.15, 0.2) is 30.3 Å². The number of hydrogen-bond donors (Lipinski definition) is 0. The Labute approximate surface area is 161 Å². The highest BCUT2D eigenvalue weighted by atomic mass is 19.1. The van der Waals surface area contributed by atoms with E-state index >= 15 is 0 Å². The van der Waals surface area contributed by atoms with E-state index in [0.29, 0.717) is 18.1 Å². The zero-order chi connectivity index (χ0) is 19.8. The molecule has 0 amide bonds. The van der Waals surface area contributed by atoms with Gasteiger partial charge in [-0.05, 0) is 61.9 Å². The summed E-state index contributed by atoms with van der Waals surface area (Å²) in [6.45, 7) is 9.71. The van der Waals surface area contributed by atoms with E-state index in [9.17, 15) is 9.18 Å². The molecule has 1 unspecified atom stereocenters. The number of carbonyl (C=O) groups is 1. The van der Waals surface area contributed by atoms with Crippen LogP contribution in [0, 0.1) is 18.2 Å². The Balaban J connectivity index is 1.92. The quantitative estimate of drug-likeness (QED) is 0.618. The first kappa shape index (κ1) is 19.5. The number of ketones is 1. The van der Waals surface area contributed by atoms with Gasteiger partial charge in [-0.15, -0.1) is 0 Å². The number of ether oxygens (including phenoxy) is 1. The molecule has 0 radical (unpaired) electrons. The highest BCUT2D eigenvalue weighted by molar-refractivity contribution is 6.00. The van der Waals surface area contributed by atoms with Gasteiger partial charge < -0.3 is 4.74 Å². The van der Waals surface area contributed by atoms with E-state index in [0.717, 1.165) is 29.8 Å². The van der Waals surface area contributed by atoms with Gasteiger partial charge in [0.2, 0.25) is 5.78 Å². The number of Topliss-reactive ketones (excluding diaryl/α,β-unsaturated/α-hetero) is 1. The molecule has 0 saturated heterocycles. The van der Waals surface area contributed by atoms with Crippen LogP contribution in [0.4, 0.5) is 4.39 Å². The zero-order valence-electron chi connectivity index (χ0n) is 16.8. The van der Waals surface area contributed by atoms with E-state index in [1.807, 2.05) is 52.8 Å². The molecule has 0 bridgehead atoms. The molecule has 4 heteroatoms. The number of hydrogen-bond acceptors (Lipinski definition) is 3. The van der Waals surface area contributed by atoms with Crippen LogP contribution >= 0.6 is 0 Å². The maximum Gasteiger partial charge on any atom is 0.206 e. The molecule has 1 atom stereocenters. The van der Waals surface area contributed by atoms with Crippen LogP contribution in [0.25, 0.3) is 0 Å². The topological polar surface area (TPSA) is 39.2 Å². The highest BCUT2D eigenvalue weighted by Crippen LogP contribution is 2.40. The monoisotopic (exact) mass is 369 g/mol. The third kappa shape index (κ3) is 4.37. The maximum atomic E-state index is 14.7. The molecule has 1 aliphatic rings. The lowest BCUT2D eigenvalue weighted by molar-refractivity contribution is 0.0533. The summed E-state index contributed by atoms with van der Waals surface area (Å²) >= 11 is 0. The van der Waals surface area contributed by atoms with Crippen molar-refractivity contribution in [2.75, 3.05) is 0 Å². The van der Waals surface area contributed by atoms with Crippen molar-refractivity contribution in [2.45, 2.75) is 65.9 Å². The summed E-state index contributed by atoms with van der Waals surface area (Å²) in [6.07, 6.45) is 2.10. The summed E-state index contributed by atoms with van der Waals surface area (Å²) in [6, 6.07) is 8.71. The first-order valence-electron chi connectivity index (χ1n) is 9.67. The molecule has 2 aromatic rings. The summed E-state index contributed by atoms with van der Waals surface area (Å²) in [5.41, 5.74) is 2.29. The van der Waals surface area contributed by atoms with Gasteiger partial charge in [0.1, 0.15) is 11.6 Å².